The summed E-state index contributed by atoms with van der Waals surface area (Å²) in [6.07, 6.45) is 1.86. The van der Waals surface area contributed by atoms with Gasteiger partial charge in [-0.15, -0.1) is 4.72 Å². The summed E-state index contributed by atoms with van der Waals surface area (Å²) >= 11 is -1.24. The van der Waals surface area contributed by atoms with Crippen LogP contribution in [0.1, 0.15) is 38.8 Å². The van der Waals surface area contributed by atoms with Gasteiger partial charge < -0.3 is 14.0 Å². The van der Waals surface area contributed by atoms with E-state index in [1.807, 2.05) is 39.0 Å². The SMILES string of the molecule is COc1ccc2c(c1)O[C@@H](Cn1ncccc1=O)C[C@H]2N[S@@+]([O-])C(C)(C)C. The first-order valence-electron chi connectivity index (χ1n) is 8.82. The maximum atomic E-state index is 12.7. The fourth-order valence-corrected chi connectivity index (χ4v) is 3.73. The van der Waals surface area contributed by atoms with Gasteiger partial charge in [0.15, 0.2) is 0 Å². The number of fused-ring (bicyclic) bond motifs is 1. The number of nitrogens with zero attached hydrogens (tertiary/aromatic N) is 2. The molecule has 0 unspecified atom stereocenters. The Kier molecular flexibility index (Phi) is 5.78. The molecule has 1 aliphatic heterocycles. The Morgan fingerprint density at radius 1 is 1.41 bits per heavy atom. The Balaban J connectivity index is 1.88. The van der Waals surface area contributed by atoms with Crippen molar-refractivity contribution >= 4 is 11.4 Å². The predicted molar refractivity (Wildman–Crippen MR) is 104 cm³/mol. The summed E-state index contributed by atoms with van der Waals surface area (Å²) in [6, 6.07) is 8.52. The van der Waals surface area contributed by atoms with Gasteiger partial charge in [0.05, 0.1) is 19.7 Å². The Hall–Kier alpha value is -2.03. The second-order valence-electron chi connectivity index (χ2n) is 7.47. The number of rotatable bonds is 5. The van der Waals surface area contributed by atoms with Crippen molar-refractivity contribution in [1.82, 2.24) is 14.5 Å². The third-order valence-corrected chi connectivity index (χ3v) is 5.97. The molecule has 0 fully saturated rings. The maximum Gasteiger partial charge on any atom is 0.266 e. The molecule has 8 heteroatoms. The molecule has 1 aliphatic rings. The molecule has 0 radical (unpaired) electrons. The molecule has 0 spiro atoms. The summed E-state index contributed by atoms with van der Waals surface area (Å²) in [7, 11) is 1.60. The normalized spacial score (nSPS) is 20.5. The zero-order valence-corrected chi connectivity index (χ0v) is 16.8. The van der Waals surface area contributed by atoms with E-state index in [-0.39, 0.29) is 17.7 Å². The van der Waals surface area contributed by atoms with Gasteiger partial charge in [-0.3, -0.25) is 4.79 Å². The smallest absolute Gasteiger partial charge is 0.266 e. The lowest BCUT2D eigenvalue weighted by molar-refractivity contribution is 0.131. The minimum Gasteiger partial charge on any atom is -0.598 e. The Labute approximate surface area is 162 Å². The fourth-order valence-electron chi connectivity index (χ4n) is 2.90. The van der Waals surface area contributed by atoms with Gasteiger partial charge in [-0.05, 0) is 39.0 Å². The Bertz CT molecular complexity index is 849. The van der Waals surface area contributed by atoms with Gasteiger partial charge in [0.1, 0.15) is 22.4 Å². The average molecular weight is 391 g/mol. The molecule has 3 atom stereocenters. The van der Waals surface area contributed by atoms with Gasteiger partial charge in [-0.25, -0.2) is 4.68 Å². The molecule has 2 aromatic rings. The number of benzene rings is 1. The highest BCUT2D eigenvalue weighted by Gasteiger charge is 2.35. The summed E-state index contributed by atoms with van der Waals surface area (Å²) in [6.45, 7) is 6.09. The quantitative estimate of drug-likeness (QED) is 0.786. The largest absolute Gasteiger partial charge is 0.598 e. The molecular formula is C19H25N3O4S. The molecule has 0 bridgehead atoms. The molecule has 0 saturated heterocycles. The number of ether oxygens (including phenoxy) is 2. The van der Waals surface area contributed by atoms with Crippen molar-refractivity contribution in [3.63, 3.8) is 0 Å². The monoisotopic (exact) mass is 391 g/mol. The lowest BCUT2D eigenvalue weighted by Crippen LogP contribution is -2.44. The summed E-state index contributed by atoms with van der Waals surface area (Å²) in [5.74, 6) is 1.35. The number of hydrogen-bond donors (Lipinski definition) is 1. The Morgan fingerprint density at radius 2 is 2.19 bits per heavy atom. The molecule has 1 aromatic carbocycles. The second-order valence-corrected chi connectivity index (χ2v) is 9.47. The maximum absolute atomic E-state index is 12.7. The topological polar surface area (TPSA) is 88.4 Å². The summed E-state index contributed by atoms with van der Waals surface area (Å²) in [5.41, 5.74) is 0.748. The third-order valence-electron chi connectivity index (χ3n) is 4.36. The number of methoxy groups -OCH3 is 1. The molecule has 0 saturated carbocycles. The Morgan fingerprint density at radius 3 is 2.85 bits per heavy atom. The van der Waals surface area contributed by atoms with Crippen molar-refractivity contribution in [2.45, 2.75) is 50.6 Å². The van der Waals surface area contributed by atoms with Gasteiger partial charge in [0, 0.05) is 41.7 Å². The van der Waals surface area contributed by atoms with Crippen LogP contribution in [0.3, 0.4) is 0 Å². The zero-order valence-electron chi connectivity index (χ0n) is 16.0. The van der Waals surface area contributed by atoms with Crippen molar-refractivity contribution < 1.29 is 14.0 Å². The first-order valence-corrected chi connectivity index (χ1v) is 9.97. The van der Waals surface area contributed by atoms with Crippen LogP contribution < -0.4 is 19.8 Å². The molecule has 7 nitrogen and oxygen atoms in total. The zero-order chi connectivity index (χ0) is 19.6. The van der Waals surface area contributed by atoms with Crippen molar-refractivity contribution in [3.05, 3.63) is 52.4 Å². The molecule has 3 rings (SSSR count). The lowest BCUT2D eigenvalue weighted by Gasteiger charge is -2.35. The van der Waals surface area contributed by atoms with E-state index < -0.39 is 16.1 Å². The molecule has 146 valence electrons. The van der Waals surface area contributed by atoms with Gasteiger partial charge in [0.25, 0.3) is 5.56 Å². The molecular weight excluding hydrogens is 366 g/mol. The minimum atomic E-state index is -1.24. The molecule has 1 aromatic heterocycles. The van der Waals surface area contributed by atoms with Gasteiger partial charge in [-0.2, -0.15) is 5.10 Å². The van der Waals surface area contributed by atoms with Crippen LogP contribution in [0.5, 0.6) is 11.5 Å². The van der Waals surface area contributed by atoms with Gasteiger partial charge >= 0.3 is 0 Å². The van der Waals surface area contributed by atoms with Crippen LogP contribution in [-0.4, -0.2) is 32.3 Å². The molecule has 0 amide bonds. The van der Waals surface area contributed by atoms with Crippen LogP contribution in [0.4, 0.5) is 0 Å². The molecule has 0 aliphatic carbocycles. The van der Waals surface area contributed by atoms with E-state index in [4.69, 9.17) is 9.47 Å². The number of hydrogen-bond acceptors (Lipinski definition) is 6. The first kappa shape index (κ1) is 19.7. The van der Waals surface area contributed by atoms with Crippen molar-refractivity contribution in [2.24, 2.45) is 0 Å². The van der Waals surface area contributed by atoms with Crippen molar-refractivity contribution in [1.29, 1.82) is 0 Å². The van der Waals surface area contributed by atoms with Gasteiger partial charge in [-0.1, -0.05) is 0 Å². The van der Waals surface area contributed by atoms with Crippen LogP contribution in [0.25, 0.3) is 0 Å². The van der Waals surface area contributed by atoms with Crippen LogP contribution in [0.2, 0.25) is 0 Å². The van der Waals surface area contributed by atoms with E-state index in [1.54, 1.807) is 19.4 Å². The van der Waals surface area contributed by atoms with E-state index in [2.05, 4.69) is 9.82 Å². The molecule has 1 N–H and O–H groups in total. The van der Waals surface area contributed by atoms with Crippen LogP contribution in [0.15, 0.2) is 41.3 Å². The number of aromatic nitrogens is 2. The van der Waals surface area contributed by atoms with E-state index in [0.29, 0.717) is 24.5 Å². The molecule has 27 heavy (non-hydrogen) atoms. The third kappa shape index (κ3) is 4.63. The average Bonchev–Trinajstić information content (AvgIpc) is 2.62. The highest BCUT2D eigenvalue weighted by Crippen LogP contribution is 2.38. The predicted octanol–water partition coefficient (Wildman–Crippen LogP) is 2.20. The number of nitrogens with one attached hydrogen (secondary N) is 1. The lowest BCUT2D eigenvalue weighted by atomic mass is 9.97. The van der Waals surface area contributed by atoms with Crippen LogP contribution in [-0.2, 0) is 17.9 Å². The van der Waals surface area contributed by atoms with Crippen LogP contribution >= 0.6 is 0 Å². The van der Waals surface area contributed by atoms with E-state index in [0.717, 1.165) is 5.56 Å². The van der Waals surface area contributed by atoms with Crippen molar-refractivity contribution in [2.75, 3.05) is 7.11 Å². The minimum absolute atomic E-state index is 0.163. The van der Waals surface area contributed by atoms with E-state index in [1.165, 1.54) is 10.7 Å². The van der Waals surface area contributed by atoms with E-state index >= 15 is 0 Å². The van der Waals surface area contributed by atoms with Gasteiger partial charge in [0.2, 0.25) is 0 Å². The second kappa shape index (κ2) is 7.92. The fraction of sp³-hybridized carbons (Fsp3) is 0.474. The standard InChI is InChI=1S/C19H25N3O4S/c1-19(2,3)27(24)21-16-10-14(12-22-18(23)6-5-9-20-22)26-17-11-13(25-4)7-8-15(16)17/h5-9,11,14,16,21H,10,12H2,1-4H3/t14-,16-,27+/m1/s1. The summed E-state index contributed by atoms with van der Waals surface area (Å²) in [5, 5.41) is 4.11. The summed E-state index contributed by atoms with van der Waals surface area (Å²) < 4.78 is 28.3. The molecule has 2 heterocycles. The van der Waals surface area contributed by atoms with Crippen LogP contribution in [0, 0.1) is 0 Å². The van der Waals surface area contributed by atoms with E-state index in [9.17, 15) is 9.35 Å². The highest BCUT2D eigenvalue weighted by molar-refractivity contribution is 7.90. The highest BCUT2D eigenvalue weighted by atomic mass is 32.2. The summed E-state index contributed by atoms with van der Waals surface area (Å²) in [4.78, 5) is 12.0. The first-order chi connectivity index (χ1) is 12.8. The van der Waals surface area contributed by atoms with Crippen molar-refractivity contribution in [3.8, 4) is 11.5 Å².